The maximum Gasteiger partial charge on any atom is 0.352 e. The highest BCUT2D eigenvalue weighted by Crippen LogP contribution is 2.37. The Labute approximate surface area is 155 Å². The first-order chi connectivity index (χ1) is 12.9. The zero-order chi connectivity index (χ0) is 19.3. The topological polar surface area (TPSA) is 124 Å². The Kier molecular flexibility index (Phi) is 4.00. The molecule has 3 aliphatic heterocycles. The quantitative estimate of drug-likeness (QED) is 0.533. The van der Waals surface area contributed by atoms with E-state index in [1.807, 2.05) is 0 Å². The van der Waals surface area contributed by atoms with Gasteiger partial charge in [-0.05, 0) is 55.2 Å². The lowest BCUT2D eigenvalue weighted by molar-refractivity contribution is -0.152. The van der Waals surface area contributed by atoms with E-state index in [2.05, 4.69) is 0 Å². The lowest BCUT2D eigenvalue weighted by atomic mass is 9.83. The zero-order valence-electron chi connectivity index (χ0n) is 14.5. The standard InChI is InChI=1S/C19H19N3O5/c20-15-14-6-1-10(16(19(26)27)22(14)18(15)25)9-11-7-8-21(17(11)24)12-2-4-13(23)5-3-12/h2-5,9,14-15,23H,1,6-8,20H2,(H,26,27)/b11-9+/t14-,15+/m1/s1. The molecule has 0 radical (unpaired) electrons. The molecule has 0 aromatic heterocycles. The van der Waals surface area contributed by atoms with Gasteiger partial charge in [0.25, 0.3) is 5.91 Å². The highest BCUT2D eigenvalue weighted by molar-refractivity contribution is 6.08. The Balaban J connectivity index is 1.64. The predicted molar refractivity (Wildman–Crippen MR) is 95.7 cm³/mol. The van der Waals surface area contributed by atoms with Crippen LogP contribution in [0, 0.1) is 0 Å². The average Bonchev–Trinajstić information content (AvgIpc) is 3.01. The summed E-state index contributed by atoms with van der Waals surface area (Å²) in [7, 11) is 0. The fraction of sp³-hybridized carbons (Fsp3) is 0.316. The molecule has 0 bridgehead atoms. The Morgan fingerprint density at radius 1 is 1.19 bits per heavy atom. The summed E-state index contributed by atoms with van der Waals surface area (Å²) in [4.78, 5) is 39.3. The van der Waals surface area contributed by atoms with Gasteiger partial charge in [0.15, 0.2) is 0 Å². The lowest BCUT2D eigenvalue weighted by Gasteiger charge is -2.48. The van der Waals surface area contributed by atoms with Gasteiger partial charge in [0.05, 0.1) is 6.04 Å². The third-order valence-corrected chi connectivity index (χ3v) is 5.36. The summed E-state index contributed by atoms with van der Waals surface area (Å²) in [6, 6.07) is 5.41. The van der Waals surface area contributed by atoms with Gasteiger partial charge in [0.2, 0.25) is 5.91 Å². The number of allylic oxidation sites excluding steroid dienone is 2. The van der Waals surface area contributed by atoms with E-state index < -0.39 is 17.9 Å². The van der Waals surface area contributed by atoms with Crippen molar-refractivity contribution in [2.75, 3.05) is 11.4 Å². The Morgan fingerprint density at radius 3 is 2.56 bits per heavy atom. The SMILES string of the molecule is N[C@@H]1C(=O)N2C(C(=O)O)=C(/C=C3\CCN(c4ccc(O)cc4)C3=O)CC[C@H]12. The van der Waals surface area contributed by atoms with E-state index in [4.69, 9.17) is 5.73 Å². The maximum absolute atomic E-state index is 12.7. The predicted octanol–water partition coefficient (Wildman–Crippen LogP) is 0.726. The summed E-state index contributed by atoms with van der Waals surface area (Å²) in [5.41, 5.74) is 7.35. The van der Waals surface area contributed by atoms with Gasteiger partial charge in [-0.1, -0.05) is 0 Å². The van der Waals surface area contributed by atoms with Crippen LogP contribution in [-0.2, 0) is 14.4 Å². The molecular formula is C19H19N3O5. The van der Waals surface area contributed by atoms with E-state index >= 15 is 0 Å². The molecule has 140 valence electrons. The summed E-state index contributed by atoms with van der Waals surface area (Å²) >= 11 is 0. The number of phenolic OH excluding ortho intramolecular Hbond substituents is 1. The number of aromatic hydroxyl groups is 1. The molecule has 0 spiro atoms. The molecule has 1 aromatic carbocycles. The largest absolute Gasteiger partial charge is 0.508 e. The van der Waals surface area contributed by atoms with Gasteiger partial charge < -0.3 is 20.8 Å². The van der Waals surface area contributed by atoms with Crippen molar-refractivity contribution >= 4 is 23.5 Å². The third-order valence-electron chi connectivity index (χ3n) is 5.36. The first-order valence-electron chi connectivity index (χ1n) is 8.75. The number of phenols is 1. The second-order valence-corrected chi connectivity index (χ2v) is 6.91. The molecule has 8 nitrogen and oxygen atoms in total. The van der Waals surface area contributed by atoms with Crippen molar-refractivity contribution in [2.24, 2.45) is 5.73 Å². The molecular weight excluding hydrogens is 350 g/mol. The number of benzene rings is 1. The van der Waals surface area contributed by atoms with Crippen molar-refractivity contribution in [1.82, 2.24) is 4.90 Å². The Hall–Kier alpha value is -3.13. The number of hydrogen-bond donors (Lipinski definition) is 3. The number of amides is 2. The summed E-state index contributed by atoms with van der Waals surface area (Å²) in [5, 5.41) is 19.0. The highest BCUT2D eigenvalue weighted by atomic mass is 16.4. The lowest BCUT2D eigenvalue weighted by Crippen LogP contribution is -2.69. The fourth-order valence-electron chi connectivity index (χ4n) is 3.95. The van der Waals surface area contributed by atoms with Crippen LogP contribution in [0.25, 0.3) is 0 Å². The highest BCUT2D eigenvalue weighted by Gasteiger charge is 2.50. The number of carbonyl (C=O) groups is 3. The molecule has 2 saturated heterocycles. The van der Waals surface area contributed by atoms with E-state index in [-0.39, 0.29) is 23.4 Å². The second kappa shape index (κ2) is 6.24. The number of anilines is 1. The van der Waals surface area contributed by atoms with Crippen molar-refractivity contribution in [1.29, 1.82) is 0 Å². The van der Waals surface area contributed by atoms with Crippen LogP contribution in [0.3, 0.4) is 0 Å². The van der Waals surface area contributed by atoms with Crippen molar-refractivity contribution in [3.8, 4) is 5.75 Å². The van der Waals surface area contributed by atoms with Gasteiger partial charge in [-0.2, -0.15) is 0 Å². The maximum atomic E-state index is 12.7. The molecule has 27 heavy (non-hydrogen) atoms. The third kappa shape index (κ3) is 2.69. The van der Waals surface area contributed by atoms with Gasteiger partial charge in [-0.15, -0.1) is 0 Å². The smallest absolute Gasteiger partial charge is 0.352 e. The number of rotatable bonds is 3. The van der Waals surface area contributed by atoms with Crippen LogP contribution in [0.1, 0.15) is 19.3 Å². The molecule has 0 unspecified atom stereocenters. The first kappa shape index (κ1) is 17.3. The average molecular weight is 369 g/mol. The molecule has 2 fully saturated rings. The summed E-state index contributed by atoms with van der Waals surface area (Å²) < 4.78 is 0. The normalized spacial score (nSPS) is 26.5. The molecule has 0 aliphatic carbocycles. The molecule has 4 N–H and O–H groups in total. The zero-order valence-corrected chi connectivity index (χ0v) is 14.5. The number of nitrogens with two attached hydrogens (primary N) is 1. The van der Waals surface area contributed by atoms with Crippen molar-refractivity contribution < 1.29 is 24.6 Å². The van der Waals surface area contributed by atoms with Gasteiger partial charge in [0, 0.05) is 17.8 Å². The van der Waals surface area contributed by atoms with Gasteiger partial charge in [-0.25, -0.2) is 4.79 Å². The van der Waals surface area contributed by atoms with Crippen LogP contribution in [0.2, 0.25) is 0 Å². The molecule has 3 aliphatic rings. The number of carboxylic acid groups (broad SMARTS) is 1. The van der Waals surface area contributed by atoms with E-state index in [0.717, 1.165) is 0 Å². The van der Waals surface area contributed by atoms with Gasteiger partial charge in [-0.3, -0.25) is 14.5 Å². The number of β-lactam (4-membered cyclic amide) rings is 1. The Morgan fingerprint density at radius 2 is 1.89 bits per heavy atom. The molecule has 0 saturated carbocycles. The number of nitrogens with zero attached hydrogens (tertiary/aromatic N) is 2. The first-order valence-corrected chi connectivity index (χ1v) is 8.75. The van der Waals surface area contributed by atoms with E-state index in [0.29, 0.717) is 42.6 Å². The van der Waals surface area contributed by atoms with Gasteiger partial charge in [0.1, 0.15) is 17.5 Å². The van der Waals surface area contributed by atoms with Crippen LogP contribution in [-0.4, -0.2) is 51.5 Å². The second-order valence-electron chi connectivity index (χ2n) is 6.91. The summed E-state index contributed by atoms with van der Waals surface area (Å²) in [5.74, 6) is -1.66. The minimum absolute atomic E-state index is 0.0682. The van der Waals surface area contributed by atoms with E-state index in [9.17, 15) is 24.6 Å². The van der Waals surface area contributed by atoms with E-state index in [1.165, 1.54) is 17.0 Å². The minimum Gasteiger partial charge on any atom is -0.508 e. The number of carboxylic acids is 1. The van der Waals surface area contributed by atoms with E-state index in [1.54, 1.807) is 23.1 Å². The summed E-state index contributed by atoms with van der Waals surface area (Å²) in [6.45, 7) is 0.473. The molecule has 2 atom stereocenters. The van der Waals surface area contributed by atoms with Crippen LogP contribution < -0.4 is 10.6 Å². The molecule has 1 aromatic rings. The van der Waals surface area contributed by atoms with Crippen LogP contribution in [0.4, 0.5) is 5.69 Å². The van der Waals surface area contributed by atoms with Crippen LogP contribution in [0.15, 0.2) is 47.2 Å². The molecule has 3 heterocycles. The number of aliphatic carboxylic acids is 1. The fourth-order valence-corrected chi connectivity index (χ4v) is 3.95. The molecule has 8 heteroatoms. The molecule has 4 rings (SSSR count). The minimum atomic E-state index is -1.19. The van der Waals surface area contributed by atoms with Crippen molar-refractivity contribution in [3.63, 3.8) is 0 Å². The number of hydrogen-bond acceptors (Lipinski definition) is 5. The summed E-state index contributed by atoms with van der Waals surface area (Å²) in [6.07, 6.45) is 3.13. The van der Waals surface area contributed by atoms with Crippen molar-refractivity contribution in [3.05, 3.63) is 47.2 Å². The monoisotopic (exact) mass is 369 g/mol. The van der Waals surface area contributed by atoms with Gasteiger partial charge >= 0.3 is 5.97 Å². The molecule has 2 amide bonds. The number of carbonyl (C=O) groups excluding carboxylic acids is 2. The van der Waals surface area contributed by atoms with Crippen LogP contribution in [0.5, 0.6) is 5.75 Å². The Bertz CT molecular complexity index is 902. The van der Waals surface area contributed by atoms with Crippen LogP contribution >= 0.6 is 0 Å². The number of fused-ring (bicyclic) bond motifs is 1. The van der Waals surface area contributed by atoms with Crippen molar-refractivity contribution in [2.45, 2.75) is 31.3 Å².